The van der Waals surface area contributed by atoms with Gasteiger partial charge in [-0.15, -0.1) is 0 Å². The van der Waals surface area contributed by atoms with E-state index in [0.29, 0.717) is 19.8 Å². The molecule has 1 atom stereocenters. The summed E-state index contributed by atoms with van der Waals surface area (Å²) in [6.07, 6.45) is -0.361. The zero-order valence-corrected chi connectivity index (χ0v) is 7.34. The summed E-state index contributed by atoms with van der Waals surface area (Å²) in [7, 11) is 0. The maximum atomic E-state index is 5.13. The van der Waals surface area contributed by atoms with E-state index in [1.165, 1.54) is 0 Å². The second-order valence-electron chi connectivity index (χ2n) is 1.95. The van der Waals surface area contributed by atoms with Crippen molar-refractivity contribution in [1.82, 2.24) is 0 Å². The van der Waals surface area contributed by atoms with Crippen molar-refractivity contribution in [3.8, 4) is 0 Å². The van der Waals surface area contributed by atoms with E-state index < -0.39 is 0 Å². The van der Waals surface area contributed by atoms with E-state index in [-0.39, 0.29) is 6.29 Å². The molecule has 3 nitrogen and oxygen atoms in total. The molecule has 1 radical (unpaired) electrons. The van der Waals surface area contributed by atoms with Crippen LogP contribution in [0.2, 0.25) is 0 Å². The minimum absolute atomic E-state index is 0.361. The third-order valence-electron chi connectivity index (χ3n) is 1.09. The van der Waals surface area contributed by atoms with E-state index >= 15 is 0 Å². The third kappa shape index (κ3) is 7.78. The Morgan fingerprint density at radius 3 is 2.36 bits per heavy atom. The highest BCUT2D eigenvalue weighted by atomic mass is 16.7. The van der Waals surface area contributed by atoms with E-state index in [1.807, 2.05) is 13.8 Å². The van der Waals surface area contributed by atoms with Gasteiger partial charge in [0, 0.05) is 20.1 Å². The molecule has 0 saturated carbocycles. The van der Waals surface area contributed by atoms with Crippen LogP contribution in [-0.4, -0.2) is 32.7 Å². The number of hydrogen-bond donors (Lipinski definition) is 0. The van der Waals surface area contributed by atoms with Crippen molar-refractivity contribution in [1.29, 1.82) is 0 Å². The maximum Gasteiger partial charge on any atom is 0.157 e. The summed E-state index contributed by atoms with van der Waals surface area (Å²) in [5, 5.41) is 0. The van der Waals surface area contributed by atoms with Gasteiger partial charge in [-0.3, -0.25) is 0 Å². The largest absolute Gasteiger partial charge is 0.379 e. The van der Waals surface area contributed by atoms with E-state index in [4.69, 9.17) is 14.2 Å². The fraction of sp³-hybridized carbons (Fsp3) is 0.875. The molecule has 67 valence electrons. The number of rotatable bonds is 7. The first-order valence-corrected chi connectivity index (χ1v) is 3.95. The van der Waals surface area contributed by atoms with Crippen LogP contribution in [0.4, 0.5) is 0 Å². The Labute approximate surface area is 68.6 Å². The Balaban J connectivity index is 2.97. The van der Waals surface area contributed by atoms with Crippen LogP contribution in [0.1, 0.15) is 13.8 Å². The van der Waals surface area contributed by atoms with E-state index in [1.54, 1.807) is 0 Å². The summed E-state index contributed by atoms with van der Waals surface area (Å²) in [5.41, 5.74) is 0. The second-order valence-corrected chi connectivity index (χ2v) is 1.95. The van der Waals surface area contributed by atoms with Crippen LogP contribution < -0.4 is 0 Å². The van der Waals surface area contributed by atoms with Crippen LogP contribution in [0, 0.1) is 6.92 Å². The molecular weight excluding hydrogens is 144 g/mol. The molecule has 0 aliphatic heterocycles. The van der Waals surface area contributed by atoms with Crippen molar-refractivity contribution in [2.75, 3.05) is 26.4 Å². The van der Waals surface area contributed by atoms with Crippen molar-refractivity contribution >= 4 is 0 Å². The zero-order valence-electron chi connectivity index (χ0n) is 7.34. The van der Waals surface area contributed by atoms with Gasteiger partial charge in [-0.05, 0) is 13.8 Å². The van der Waals surface area contributed by atoms with Gasteiger partial charge in [0.05, 0.1) is 13.2 Å². The minimum atomic E-state index is -0.361. The van der Waals surface area contributed by atoms with Gasteiger partial charge in [0.25, 0.3) is 0 Å². The predicted molar refractivity (Wildman–Crippen MR) is 43.2 cm³/mol. The van der Waals surface area contributed by atoms with Gasteiger partial charge in [0.15, 0.2) is 6.29 Å². The van der Waals surface area contributed by atoms with Gasteiger partial charge in [-0.25, -0.2) is 0 Å². The lowest BCUT2D eigenvalue weighted by atomic mass is 10.7. The molecule has 0 rings (SSSR count). The summed E-state index contributed by atoms with van der Waals surface area (Å²) >= 11 is 0. The van der Waals surface area contributed by atoms with E-state index in [2.05, 4.69) is 6.92 Å². The molecule has 11 heavy (non-hydrogen) atoms. The van der Waals surface area contributed by atoms with E-state index in [0.717, 1.165) is 6.61 Å². The second kappa shape index (κ2) is 7.98. The van der Waals surface area contributed by atoms with Crippen LogP contribution in [0.3, 0.4) is 0 Å². The average molecular weight is 161 g/mol. The molecule has 0 aromatic carbocycles. The quantitative estimate of drug-likeness (QED) is 0.415. The lowest BCUT2D eigenvalue weighted by molar-refractivity contribution is -0.119. The van der Waals surface area contributed by atoms with Crippen LogP contribution >= 0.6 is 0 Å². The Bertz CT molecular complexity index is 75.7. The SMILES string of the molecule is [CH2]C(OCC)OCCOCC. The normalized spacial score (nSPS) is 13.4. The maximum absolute atomic E-state index is 5.13. The Morgan fingerprint density at radius 1 is 1.09 bits per heavy atom. The first kappa shape index (κ1) is 10.9. The molecule has 0 fully saturated rings. The van der Waals surface area contributed by atoms with Gasteiger partial charge >= 0.3 is 0 Å². The first-order valence-electron chi connectivity index (χ1n) is 3.95. The number of ether oxygens (including phenoxy) is 3. The lowest BCUT2D eigenvalue weighted by Gasteiger charge is -2.11. The molecule has 1 unspecified atom stereocenters. The summed E-state index contributed by atoms with van der Waals surface area (Å²) in [4.78, 5) is 0. The summed E-state index contributed by atoms with van der Waals surface area (Å²) in [6, 6.07) is 0. The summed E-state index contributed by atoms with van der Waals surface area (Å²) in [6.45, 7) is 9.98. The zero-order chi connectivity index (χ0) is 8.53. The smallest absolute Gasteiger partial charge is 0.157 e. The Morgan fingerprint density at radius 2 is 1.82 bits per heavy atom. The van der Waals surface area contributed by atoms with Crippen LogP contribution in [-0.2, 0) is 14.2 Å². The van der Waals surface area contributed by atoms with Crippen molar-refractivity contribution in [3.05, 3.63) is 6.92 Å². The first-order chi connectivity index (χ1) is 5.31. The van der Waals surface area contributed by atoms with Crippen molar-refractivity contribution < 1.29 is 14.2 Å². The van der Waals surface area contributed by atoms with Gasteiger partial charge in [0.1, 0.15) is 0 Å². The van der Waals surface area contributed by atoms with Gasteiger partial charge in [-0.1, -0.05) is 0 Å². The molecule has 0 aliphatic rings. The summed E-state index contributed by atoms with van der Waals surface area (Å²) < 4.78 is 15.2. The van der Waals surface area contributed by atoms with Crippen LogP contribution in [0.25, 0.3) is 0 Å². The predicted octanol–water partition coefficient (Wildman–Crippen LogP) is 1.24. The van der Waals surface area contributed by atoms with Gasteiger partial charge in [0.2, 0.25) is 0 Å². The molecule has 0 spiro atoms. The minimum Gasteiger partial charge on any atom is -0.379 e. The molecule has 0 saturated heterocycles. The molecule has 0 heterocycles. The van der Waals surface area contributed by atoms with Crippen molar-refractivity contribution in [2.24, 2.45) is 0 Å². The molecule has 0 aromatic heterocycles. The summed E-state index contributed by atoms with van der Waals surface area (Å²) in [5.74, 6) is 0. The van der Waals surface area contributed by atoms with Gasteiger partial charge < -0.3 is 14.2 Å². The fourth-order valence-electron chi connectivity index (χ4n) is 0.617. The third-order valence-corrected chi connectivity index (χ3v) is 1.09. The monoisotopic (exact) mass is 161 g/mol. The highest BCUT2D eigenvalue weighted by molar-refractivity contribution is 4.43. The highest BCUT2D eigenvalue weighted by Gasteiger charge is 1.98. The van der Waals surface area contributed by atoms with Crippen LogP contribution in [0.15, 0.2) is 0 Å². The lowest BCUT2D eigenvalue weighted by Crippen LogP contribution is -2.16. The Kier molecular flexibility index (Phi) is 7.89. The molecule has 0 aromatic rings. The topological polar surface area (TPSA) is 27.7 Å². The Hall–Kier alpha value is -0.120. The molecule has 0 aliphatic carbocycles. The molecular formula is C8H17O3. The molecule has 0 amide bonds. The van der Waals surface area contributed by atoms with Crippen molar-refractivity contribution in [3.63, 3.8) is 0 Å². The number of hydrogen-bond acceptors (Lipinski definition) is 3. The molecule has 3 heteroatoms. The average Bonchev–Trinajstić information content (AvgIpc) is 1.99. The van der Waals surface area contributed by atoms with Crippen LogP contribution in [0.5, 0.6) is 0 Å². The van der Waals surface area contributed by atoms with Gasteiger partial charge in [-0.2, -0.15) is 0 Å². The highest BCUT2D eigenvalue weighted by Crippen LogP contribution is 1.91. The molecule has 0 bridgehead atoms. The standard InChI is InChI=1S/C8H17O3/c1-4-9-6-7-11-8(3)10-5-2/h8H,3-7H2,1-2H3. The molecule has 0 N–H and O–H groups in total. The van der Waals surface area contributed by atoms with Crippen molar-refractivity contribution in [2.45, 2.75) is 20.1 Å². The van der Waals surface area contributed by atoms with E-state index in [9.17, 15) is 0 Å². The fourth-order valence-corrected chi connectivity index (χ4v) is 0.617.